The van der Waals surface area contributed by atoms with Crippen molar-refractivity contribution in [2.75, 3.05) is 0 Å². The number of aryl methyl sites for hydroxylation is 1. The smallest absolute Gasteiger partial charge is 0.312 e. The van der Waals surface area contributed by atoms with Gasteiger partial charge in [0.15, 0.2) is 0 Å². The van der Waals surface area contributed by atoms with Gasteiger partial charge in [0.25, 0.3) is 5.56 Å². The van der Waals surface area contributed by atoms with Crippen LogP contribution in [0.15, 0.2) is 15.8 Å². The fourth-order valence-electron chi connectivity index (χ4n) is 0.535. The molecule has 1 N–H and O–H groups in total. The highest BCUT2D eigenvalue weighted by Crippen LogP contribution is 1.77. The lowest BCUT2D eigenvalue weighted by molar-refractivity contribution is 0.329. The first-order valence-electron chi connectivity index (χ1n) is 2.60. The van der Waals surface area contributed by atoms with Crippen LogP contribution in [0.3, 0.4) is 0 Å². The number of aromatic nitrogens is 2. The first-order valence-corrected chi connectivity index (χ1v) is 2.60. The molecule has 10 heavy (non-hydrogen) atoms. The summed E-state index contributed by atoms with van der Waals surface area (Å²) in [5, 5.41) is 0. The van der Waals surface area contributed by atoms with E-state index >= 15 is 0 Å². The predicted molar refractivity (Wildman–Crippen MR) is 32.6 cm³/mol. The van der Waals surface area contributed by atoms with E-state index < -0.39 is 16.0 Å². The third kappa shape index (κ3) is 0.854. The van der Waals surface area contributed by atoms with Crippen molar-refractivity contribution >= 4 is 0 Å². The van der Waals surface area contributed by atoms with E-state index in [1.165, 1.54) is 13.1 Å². The van der Waals surface area contributed by atoms with Crippen molar-refractivity contribution < 1.29 is 4.48 Å². The van der Waals surface area contributed by atoms with Crippen molar-refractivity contribution in [3.8, 4) is 0 Å². The number of rotatable bonds is 0. The molecule has 1 aromatic heterocycles. The Morgan fingerprint density at radius 2 is 2.20 bits per heavy atom. The topological polar surface area (TPSA) is 54.9 Å². The molecular weight excluding hydrogens is 139 g/mol. The Balaban J connectivity index is 3.66. The third-order valence-electron chi connectivity index (χ3n) is 1.11. The third-order valence-corrected chi connectivity index (χ3v) is 1.11. The van der Waals surface area contributed by atoms with Crippen LogP contribution in [0.4, 0.5) is 4.48 Å². The number of hydrogen-bond acceptors (Lipinski definition) is 2. The van der Waals surface area contributed by atoms with Crippen LogP contribution in [0, 0.1) is 6.92 Å². The molecule has 0 amide bonds. The standard InChI is InChI=1S/C5H5FN2O2/c1-3-2-7-5(10)8(6)4(3)9/h2H,1H3,(H,7,10). The molecule has 0 bridgehead atoms. The summed E-state index contributed by atoms with van der Waals surface area (Å²) in [6.07, 6.45) is 1.17. The van der Waals surface area contributed by atoms with E-state index in [0.717, 1.165) is 0 Å². The zero-order chi connectivity index (χ0) is 7.72. The maximum Gasteiger partial charge on any atom is 0.357 e. The molecule has 0 radical (unpaired) electrons. The molecule has 0 unspecified atom stereocenters. The molecule has 0 aromatic carbocycles. The van der Waals surface area contributed by atoms with E-state index in [-0.39, 0.29) is 5.56 Å². The SMILES string of the molecule is Cc1c[nH]c(=O)n(F)c1=O. The zero-order valence-electron chi connectivity index (χ0n) is 5.22. The average molecular weight is 144 g/mol. The van der Waals surface area contributed by atoms with Gasteiger partial charge in [0.2, 0.25) is 0 Å². The highest BCUT2D eigenvalue weighted by molar-refractivity contribution is 4.99. The largest absolute Gasteiger partial charge is 0.357 e. The van der Waals surface area contributed by atoms with Gasteiger partial charge in [-0.05, 0) is 6.92 Å². The van der Waals surface area contributed by atoms with Gasteiger partial charge >= 0.3 is 5.69 Å². The molecule has 0 atom stereocenters. The van der Waals surface area contributed by atoms with Crippen molar-refractivity contribution in [1.82, 2.24) is 9.77 Å². The maximum atomic E-state index is 12.3. The number of nitrogens with zero attached hydrogens (tertiary/aromatic N) is 1. The lowest BCUT2D eigenvalue weighted by Gasteiger charge is -1.90. The van der Waals surface area contributed by atoms with Gasteiger partial charge in [0.1, 0.15) is 0 Å². The Morgan fingerprint density at radius 3 is 2.70 bits per heavy atom. The Kier molecular flexibility index (Phi) is 1.41. The summed E-state index contributed by atoms with van der Waals surface area (Å²) in [7, 11) is 0. The fourth-order valence-corrected chi connectivity index (χ4v) is 0.535. The number of aromatic amines is 1. The van der Waals surface area contributed by atoms with E-state index in [0.29, 0.717) is 0 Å². The first-order chi connectivity index (χ1) is 4.63. The van der Waals surface area contributed by atoms with E-state index in [4.69, 9.17) is 0 Å². The van der Waals surface area contributed by atoms with Crippen LogP contribution in [0.2, 0.25) is 0 Å². The Bertz CT molecular complexity index is 351. The van der Waals surface area contributed by atoms with E-state index in [1.54, 1.807) is 0 Å². The molecule has 0 aliphatic carbocycles. The normalized spacial score (nSPS) is 9.80. The van der Waals surface area contributed by atoms with Gasteiger partial charge < -0.3 is 4.98 Å². The molecule has 0 aliphatic rings. The van der Waals surface area contributed by atoms with E-state index in [1.807, 2.05) is 4.98 Å². The van der Waals surface area contributed by atoms with Crippen LogP contribution in [0.25, 0.3) is 0 Å². The second-order valence-corrected chi connectivity index (χ2v) is 1.86. The lowest BCUT2D eigenvalue weighted by atomic mass is 10.4. The molecule has 1 heterocycles. The minimum atomic E-state index is -1.05. The van der Waals surface area contributed by atoms with Crippen molar-refractivity contribution in [3.05, 3.63) is 32.6 Å². The molecule has 4 nitrogen and oxygen atoms in total. The molecule has 1 rings (SSSR count). The number of halogens is 1. The average Bonchev–Trinajstić information content (AvgIpc) is 1.93. The van der Waals surface area contributed by atoms with Crippen molar-refractivity contribution in [3.63, 3.8) is 0 Å². The molecule has 54 valence electrons. The molecule has 0 spiro atoms. The Labute approximate surface area is 54.9 Å². The second kappa shape index (κ2) is 2.09. The maximum absolute atomic E-state index is 12.3. The fraction of sp³-hybridized carbons (Fsp3) is 0.200. The summed E-state index contributed by atoms with van der Waals surface area (Å²) in [6, 6.07) is 0. The number of hydrogen-bond donors (Lipinski definition) is 1. The van der Waals surface area contributed by atoms with Crippen molar-refractivity contribution in [2.45, 2.75) is 6.92 Å². The minimum absolute atomic E-state index is 0.169. The van der Waals surface area contributed by atoms with Gasteiger partial charge in [-0.1, -0.05) is 9.27 Å². The summed E-state index contributed by atoms with van der Waals surface area (Å²) < 4.78 is 12.3. The van der Waals surface area contributed by atoms with E-state index in [2.05, 4.69) is 0 Å². The van der Waals surface area contributed by atoms with E-state index in [9.17, 15) is 14.1 Å². The van der Waals surface area contributed by atoms with Gasteiger partial charge in [0, 0.05) is 11.8 Å². The van der Waals surface area contributed by atoms with Crippen LogP contribution in [0.5, 0.6) is 0 Å². The highest BCUT2D eigenvalue weighted by atomic mass is 19.2. The summed E-state index contributed by atoms with van der Waals surface area (Å²) in [4.78, 5) is 22.5. The number of H-pyrrole nitrogens is 1. The van der Waals surface area contributed by atoms with Gasteiger partial charge in [-0.15, -0.1) is 0 Å². The second-order valence-electron chi connectivity index (χ2n) is 1.86. The minimum Gasteiger partial charge on any atom is -0.312 e. The lowest BCUT2D eigenvalue weighted by Crippen LogP contribution is -2.30. The van der Waals surface area contributed by atoms with Crippen LogP contribution in [-0.2, 0) is 0 Å². The summed E-state index contributed by atoms with van der Waals surface area (Å²) >= 11 is 0. The molecule has 0 aliphatic heterocycles. The van der Waals surface area contributed by atoms with Gasteiger partial charge in [-0.2, -0.15) is 0 Å². The molecule has 0 saturated carbocycles. The van der Waals surface area contributed by atoms with Crippen LogP contribution >= 0.6 is 0 Å². The van der Waals surface area contributed by atoms with Gasteiger partial charge in [-0.3, -0.25) is 4.79 Å². The molecule has 5 heteroatoms. The first kappa shape index (κ1) is 6.73. The summed E-state index contributed by atoms with van der Waals surface area (Å²) in [5.41, 5.74) is -1.79. The number of nitrogens with one attached hydrogen (secondary N) is 1. The monoisotopic (exact) mass is 144 g/mol. The van der Waals surface area contributed by atoms with Crippen LogP contribution in [0.1, 0.15) is 5.56 Å². The zero-order valence-corrected chi connectivity index (χ0v) is 5.22. The highest BCUT2D eigenvalue weighted by Gasteiger charge is 1.99. The van der Waals surface area contributed by atoms with Crippen molar-refractivity contribution in [2.24, 2.45) is 0 Å². The Hall–Kier alpha value is -1.39. The molecule has 1 aromatic rings. The predicted octanol–water partition coefficient (Wildman–Crippen LogP) is -0.422. The van der Waals surface area contributed by atoms with Crippen LogP contribution < -0.4 is 11.2 Å². The van der Waals surface area contributed by atoms with Gasteiger partial charge in [-0.25, -0.2) is 4.79 Å². The Morgan fingerprint density at radius 1 is 1.60 bits per heavy atom. The quantitative estimate of drug-likeness (QED) is 0.537. The summed E-state index contributed by atoms with van der Waals surface area (Å²) in [5.74, 6) is 0. The molecule has 0 saturated heterocycles. The van der Waals surface area contributed by atoms with Gasteiger partial charge in [0.05, 0.1) is 0 Å². The summed E-state index contributed by atoms with van der Waals surface area (Å²) in [6.45, 7) is 1.41. The molecular formula is C5H5FN2O2. The molecule has 0 fully saturated rings. The van der Waals surface area contributed by atoms with Crippen LogP contribution in [-0.4, -0.2) is 9.77 Å². The van der Waals surface area contributed by atoms with Crippen molar-refractivity contribution in [1.29, 1.82) is 0 Å².